The Labute approximate surface area is 80.8 Å². The summed E-state index contributed by atoms with van der Waals surface area (Å²) in [7, 11) is 0. The summed E-state index contributed by atoms with van der Waals surface area (Å²) in [6.45, 7) is 9.75. The lowest BCUT2D eigenvalue weighted by Crippen LogP contribution is -2.47. The Hall–Kier alpha value is -0.590. The highest BCUT2D eigenvalue weighted by molar-refractivity contribution is 4.94. The zero-order chi connectivity index (χ0) is 10.7. The van der Waals surface area contributed by atoms with Crippen LogP contribution in [0.2, 0.25) is 0 Å². The summed E-state index contributed by atoms with van der Waals surface area (Å²) in [5.74, 6) is 0. The zero-order valence-corrected chi connectivity index (χ0v) is 9.18. The van der Waals surface area contributed by atoms with Crippen molar-refractivity contribution in [3.63, 3.8) is 0 Å². The molecule has 0 aliphatic carbocycles. The summed E-state index contributed by atoms with van der Waals surface area (Å²) in [5, 5.41) is 21.5. The Balaban J connectivity index is 3.99. The Morgan fingerprint density at radius 3 is 2.15 bits per heavy atom. The highest BCUT2D eigenvalue weighted by atomic mass is 16.3. The van der Waals surface area contributed by atoms with Crippen LogP contribution in [0.3, 0.4) is 0 Å². The number of aliphatic hydroxyl groups is 1. The van der Waals surface area contributed by atoms with Crippen LogP contribution in [0.5, 0.6) is 0 Å². The molecule has 0 bridgehead atoms. The van der Waals surface area contributed by atoms with E-state index in [0.717, 1.165) is 0 Å². The maximum absolute atomic E-state index is 9.61. The largest absolute Gasteiger partial charge is 0.389 e. The second-order valence-corrected chi connectivity index (χ2v) is 4.75. The molecule has 1 unspecified atom stereocenters. The van der Waals surface area contributed by atoms with Crippen molar-refractivity contribution in [1.82, 2.24) is 5.32 Å². The fraction of sp³-hybridized carbons (Fsp3) is 0.900. The maximum Gasteiger partial charge on any atom is 0.0741 e. The molecule has 0 radical (unpaired) electrons. The molecule has 3 heteroatoms. The molecule has 0 aliphatic heterocycles. The second-order valence-electron chi connectivity index (χ2n) is 4.75. The second kappa shape index (κ2) is 4.08. The van der Waals surface area contributed by atoms with Gasteiger partial charge in [0.25, 0.3) is 0 Å². The first kappa shape index (κ1) is 12.4. The quantitative estimate of drug-likeness (QED) is 0.692. The van der Waals surface area contributed by atoms with Gasteiger partial charge in [-0.1, -0.05) is 0 Å². The van der Waals surface area contributed by atoms with Crippen LogP contribution in [-0.2, 0) is 0 Å². The molecule has 0 aromatic rings. The third-order valence-electron chi connectivity index (χ3n) is 2.21. The molecule has 0 heterocycles. The van der Waals surface area contributed by atoms with Crippen molar-refractivity contribution in [3.05, 3.63) is 0 Å². The van der Waals surface area contributed by atoms with Gasteiger partial charge in [0.2, 0.25) is 0 Å². The number of nitrogens with one attached hydrogen (secondary N) is 1. The maximum atomic E-state index is 9.61. The highest BCUT2D eigenvalue weighted by Gasteiger charge is 2.24. The van der Waals surface area contributed by atoms with E-state index in [0.29, 0.717) is 6.54 Å². The number of nitrogens with zero attached hydrogens (tertiary/aromatic N) is 1. The Morgan fingerprint density at radius 2 is 1.85 bits per heavy atom. The Morgan fingerprint density at radius 1 is 1.38 bits per heavy atom. The van der Waals surface area contributed by atoms with Crippen LogP contribution in [0.15, 0.2) is 0 Å². The number of hydrogen-bond donors (Lipinski definition) is 2. The van der Waals surface area contributed by atoms with Crippen LogP contribution in [0.25, 0.3) is 0 Å². The number of nitriles is 1. The molecule has 0 rings (SSSR count). The van der Waals surface area contributed by atoms with E-state index in [1.807, 2.05) is 20.8 Å². The van der Waals surface area contributed by atoms with Gasteiger partial charge >= 0.3 is 0 Å². The predicted molar refractivity (Wildman–Crippen MR) is 53.2 cm³/mol. The molecule has 0 saturated heterocycles. The van der Waals surface area contributed by atoms with E-state index >= 15 is 0 Å². The van der Waals surface area contributed by atoms with E-state index in [4.69, 9.17) is 5.26 Å². The van der Waals surface area contributed by atoms with Crippen LogP contribution >= 0.6 is 0 Å². The lowest BCUT2D eigenvalue weighted by molar-refractivity contribution is 0.0422. The summed E-state index contributed by atoms with van der Waals surface area (Å²) in [4.78, 5) is 0. The first-order valence-corrected chi connectivity index (χ1v) is 4.56. The average molecular weight is 184 g/mol. The Kier molecular flexibility index (Phi) is 3.89. The minimum Gasteiger partial charge on any atom is -0.389 e. The lowest BCUT2D eigenvalue weighted by Gasteiger charge is -2.29. The topological polar surface area (TPSA) is 56.0 Å². The number of rotatable bonds is 4. The number of hydrogen-bond acceptors (Lipinski definition) is 3. The molecule has 3 nitrogen and oxygen atoms in total. The molecule has 0 aromatic carbocycles. The van der Waals surface area contributed by atoms with Gasteiger partial charge in [0.1, 0.15) is 0 Å². The Bertz CT molecular complexity index is 198. The van der Waals surface area contributed by atoms with Crippen LogP contribution < -0.4 is 5.32 Å². The summed E-state index contributed by atoms with van der Waals surface area (Å²) in [6, 6.07) is 2.19. The van der Waals surface area contributed by atoms with E-state index in [1.165, 1.54) is 0 Å². The summed E-state index contributed by atoms with van der Waals surface area (Å²) >= 11 is 0. The van der Waals surface area contributed by atoms with Gasteiger partial charge in [-0.25, -0.2) is 0 Å². The van der Waals surface area contributed by atoms with Crippen LogP contribution in [0.4, 0.5) is 0 Å². The van der Waals surface area contributed by atoms with E-state index in [2.05, 4.69) is 11.4 Å². The van der Waals surface area contributed by atoms with Gasteiger partial charge in [0.05, 0.1) is 17.1 Å². The zero-order valence-electron chi connectivity index (χ0n) is 9.18. The van der Waals surface area contributed by atoms with Crippen LogP contribution in [-0.4, -0.2) is 23.3 Å². The van der Waals surface area contributed by atoms with Gasteiger partial charge in [-0.05, 0) is 34.6 Å². The summed E-state index contributed by atoms with van der Waals surface area (Å²) in [5.41, 5.74) is -1.12. The monoisotopic (exact) mass is 184 g/mol. The van der Waals surface area contributed by atoms with E-state index < -0.39 is 5.60 Å². The van der Waals surface area contributed by atoms with Gasteiger partial charge in [-0.2, -0.15) is 5.26 Å². The van der Waals surface area contributed by atoms with Crippen LogP contribution in [0.1, 0.15) is 34.6 Å². The van der Waals surface area contributed by atoms with E-state index in [9.17, 15) is 5.11 Å². The molecule has 0 aliphatic rings. The van der Waals surface area contributed by atoms with E-state index in [-0.39, 0.29) is 11.5 Å². The van der Waals surface area contributed by atoms with Gasteiger partial charge in [0.15, 0.2) is 0 Å². The van der Waals surface area contributed by atoms with Crippen molar-refractivity contribution >= 4 is 0 Å². The molecule has 13 heavy (non-hydrogen) atoms. The molecule has 2 N–H and O–H groups in total. The van der Waals surface area contributed by atoms with Gasteiger partial charge in [-0.3, -0.25) is 0 Å². The predicted octanol–water partition coefficient (Wildman–Crippen LogP) is 1.29. The molecule has 0 spiro atoms. The smallest absolute Gasteiger partial charge is 0.0741 e. The van der Waals surface area contributed by atoms with Gasteiger partial charge in [-0.15, -0.1) is 0 Å². The summed E-state index contributed by atoms with van der Waals surface area (Å²) < 4.78 is 0. The molecule has 0 amide bonds. The molecule has 0 saturated carbocycles. The third-order valence-corrected chi connectivity index (χ3v) is 2.21. The lowest BCUT2D eigenvalue weighted by atomic mass is 9.94. The third kappa shape index (κ3) is 4.87. The normalized spacial score (nSPS) is 15.2. The van der Waals surface area contributed by atoms with Crippen molar-refractivity contribution in [2.45, 2.75) is 46.3 Å². The van der Waals surface area contributed by atoms with Crippen molar-refractivity contribution in [3.8, 4) is 6.07 Å². The average Bonchev–Trinajstić information content (AvgIpc) is 1.98. The minimum absolute atomic E-state index is 0.0138. The fourth-order valence-corrected chi connectivity index (χ4v) is 0.698. The van der Waals surface area contributed by atoms with E-state index in [1.54, 1.807) is 13.8 Å². The first-order valence-electron chi connectivity index (χ1n) is 4.56. The SMILES string of the molecule is CC(NCC(C)(C)C#N)C(C)(C)O. The van der Waals surface area contributed by atoms with Crippen molar-refractivity contribution in [2.75, 3.05) is 6.54 Å². The molecular weight excluding hydrogens is 164 g/mol. The standard InChI is InChI=1S/C10H20N2O/c1-8(10(4,5)13)12-7-9(2,3)6-11/h8,12-13H,7H2,1-5H3. The van der Waals surface area contributed by atoms with Crippen LogP contribution in [0, 0.1) is 16.7 Å². The van der Waals surface area contributed by atoms with Gasteiger partial charge < -0.3 is 10.4 Å². The molecule has 0 aromatic heterocycles. The molecule has 0 fully saturated rings. The highest BCUT2D eigenvalue weighted by Crippen LogP contribution is 2.13. The minimum atomic E-state index is -0.745. The van der Waals surface area contributed by atoms with Crippen molar-refractivity contribution in [2.24, 2.45) is 5.41 Å². The first-order chi connectivity index (χ1) is 5.69. The molecular formula is C10H20N2O. The molecule has 76 valence electrons. The van der Waals surface area contributed by atoms with Gasteiger partial charge in [0, 0.05) is 12.6 Å². The van der Waals surface area contributed by atoms with Crippen molar-refractivity contribution in [1.29, 1.82) is 5.26 Å². The summed E-state index contributed by atoms with van der Waals surface area (Å²) in [6.07, 6.45) is 0. The fourth-order valence-electron chi connectivity index (χ4n) is 0.698. The molecule has 1 atom stereocenters. The van der Waals surface area contributed by atoms with Crippen molar-refractivity contribution < 1.29 is 5.11 Å².